The first kappa shape index (κ1) is 18.2. The molecule has 0 spiro atoms. The lowest BCUT2D eigenvalue weighted by Gasteiger charge is -2.11. The van der Waals surface area contributed by atoms with Gasteiger partial charge in [-0.05, 0) is 12.8 Å². The van der Waals surface area contributed by atoms with Crippen LogP contribution in [0.1, 0.15) is 20.8 Å². The van der Waals surface area contributed by atoms with E-state index in [2.05, 4.69) is 10.2 Å². The highest BCUT2D eigenvalue weighted by molar-refractivity contribution is 5.88. The number of rotatable bonds is 3. The molecule has 2 nitrogen and oxygen atoms in total. The van der Waals surface area contributed by atoms with Crippen LogP contribution in [-0.4, -0.2) is 6.04 Å². The van der Waals surface area contributed by atoms with Crippen molar-refractivity contribution in [2.45, 2.75) is 26.8 Å². The van der Waals surface area contributed by atoms with E-state index in [9.17, 15) is 30.7 Å². The van der Waals surface area contributed by atoms with E-state index < -0.39 is 63.2 Å². The molecule has 0 N–H and O–H groups in total. The zero-order chi connectivity index (χ0) is 18.3. The van der Waals surface area contributed by atoms with Gasteiger partial charge >= 0.3 is 0 Å². The SMILES string of the molecule is CC(C)C(C)N=Nc1c(F)c(F)c2c(F)c(F)c(F)c(F)c2c1F. The quantitative estimate of drug-likeness (QED) is 0.283. The Balaban J connectivity index is 2.86. The van der Waals surface area contributed by atoms with E-state index in [1.165, 1.54) is 0 Å². The molecule has 0 fully saturated rings. The minimum Gasteiger partial charge on any atom is -0.204 e. The van der Waals surface area contributed by atoms with Crippen molar-refractivity contribution in [3.05, 3.63) is 40.7 Å². The number of halogens is 7. The zero-order valence-corrected chi connectivity index (χ0v) is 12.7. The molecule has 24 heavy (non-hydrogen) atoms. The highest BCUT2D eigenvalue weighted by Gasteiger charge is 2.30. The number of hydrogen-bond donors (Lipinski definition) is 0. The third-order valence-electron chi connectivity index (χ3n) is 3.62. The van der Waals surface area contributed by atoms with Gasteiger partial charge in [-0.3, -0.25) is 0 Å². The monoisotopic (exact) mass is 352 g/mol. The Morgan fingerprint density at radius 2 is 1.00 bits per heavy atom. The van der Waals surface area contributed by atoms with Crippen LogP contribution in [0.3, 0.4) is 0 Å². The Labute approximate surface area is 132 Å². The average molecular weight is 352 g/mol. The third-order valence-corrected chi connectivity index (χ3v) is 3.62. The highest BCUT2D eigenvalue weighted by atomic mass is 19.2. The van der Waals surface area contributed by atoms with Crippen LogP contribution in [0, 0.1) is 46.6 Å². The summed E-state index contributed by atoms with van der Waals surface area (Å²) in [7, 11) is 0. The first-order chi connectivity index (χ1) is 11.1. The second-order valence-electron chi connectivity index (χ2n) is 5.50. The van der Waals surface area contributed by atoms with Crippen LogP contribution in [0.5, 0.6) is 0 Å². The maximum absolute atomic E-state index is 14.3. The molecule has 2 rings (SSSR count). The van der Waals surface area contributed by atoms with Crippen LogP contribution in [0.15, 0.2) is 10.2 Å². The Kier molecular flexibility index (Phi) is 4.82. The standard InChI is InChI=1S/C15H11F7N2/c1-4(2)5(3)23-24-15-11(19)7-6(10(18)14(15)22)8(16)12(20)13(21)9(7)17/h4-5H,1-3H3. The lowest BCUT2D eigenvalue weighted by molar-refractivity contribution is 0.412. The Morgan fingerprint density at radius 1 is 0.583 bits per heavy atom. The van der Waals surface area contributed by atoms with Gasteiger partial charge in [-0.15, -0.1) is 5.11 Å². The fourth-order valence-corrected chi connectivity index (χ4v) is 1.84. The van der Waals surface area contributed by atoms with Crippen LogP contribution in [0.25, 0.3) is 10.8 Å². The fourth-order valence-electron chi connectivity index (χ4n) is 1.84. The van der Waals surface area contributed by atoms with Gasteiger partial charge in [-0.25, -0.2) is 30.7 Å². The molecule has 1 unspecified atom stereocenters. The maximum Gasteiger partial charge on any atom is 0.198 e. The summed E-state index contributed by atoms with van der Waals surface area (Å²) >= 11 is 0. The molecule has 9 heteroatoms. The minimum absolute atomic E-state index is 0.0779. The van der Waals surface area contributed by atoms with Gasteiger partial charge in [0.15, 0.2) is 46.4 Å². The van der Waals surface area contributed by atoms with Crippen molar-refractivity contribution in [1.29, 1.82) is 0 Å². The van der Waals surface area contributed by atoms with E-state index >= 15 is 0 Å². The number of benzene rings is 2. The zero-order valence-electron chi connectivity index (χ0n) is 12.7. The van der Waals surface area contributed by atoms with Crippen LogP contribution >= 0.6 is 0 Å². The van der Waals surface area contributed by atoms with Crippen molar-refractivity contribution < 1.29 is 30.7 Å². The molecule has 130 valence electrons. The first-order valence-electron chi connectivity index (χ1n) is 6.82. The highest BCUT2D eigenvalue weighted by Crippen LogP contribution is 2.38. The van der Waals surface area contributed by atoms with Crippen molar-refractivity contribution in [2.24, 2.45) is 16.1 Å². The molecule has 2 aromatic carbocycles. The van der Waals surface area contributed by atoms with Gasteiger partial charge in [0.25, 0.3) is 0 Å². The summed E-state index contributed by atoms with van der Waals surface area (Å²) in [5.41, 5.74) is -1.35. The van der Waals surface area contributed by atoms with Gasteiger partial charge in [0, 0.05) is 0 Å². The molecular formula is C15H11F7N2. The van der Waals surface area contributed by atoms with Crippen molar-refractivity contribution in [3.63, 3.8) is 0 Å². The smallest absolute Gasteiger partial charge is 0.198 e. The summed E-state index contributed by atoms with van der Waals surface area (Å²) in [6.45, 7) is 5.01. The van der Waals surface area contributed by atoms with Gasteiger partial charge in [-0.1, -0.05) is 13.8 Å². The molecule has 1 atom stereocenters. The van der Waals surface area contributed by atoms with Gasteiger partial charge in [0.1, 0.15) is 0 Å². The number of hydrogen-bond acceptors (Lipinski definition) is 2. The predicted octanol–water partition coefficient (Wildman–Crippen LogP) is 5.94. The number of fused-ring (bicyclic) bond motifs is 1. The van der Waals surface area contributed by atoms with E-state index in [0.717, 1.165) is 0 Å². The van der Waals surface area contributed by atoms with Gasteiger partial charge in [-0.2, -0.15) is 5.11 Å². The van der Waals surface area contributed by atoms with Crippen molar-refractivity contribution in [1.82, 2.24) is 0 Å². The Bertz CT molecular complexity index is 846. The third kappa shape index (κ3) is 2.71. The molecule has 0 aliphatic rings. The average Bonchev–Trinajstić information content (AvgIpc) is 2.53. The molecule has 0 radical (unpaired) electrons. The summed E-state index contributed by atoms with van der Waals surface area (Å²) < 4.78 is 95.9. The lowest BCUT2D eigenvalue weighted by Crippen LogP contribution is -2.07. The molecule has 0 heterocycles. The summed E-state index contributed by atoms with van der Waals surface area (Å²) in [5.74, 6) is -15.2. The van der Waals surface area contributed by atoms with E-state index in [0.29, 0.717) is 0 Å². The van der Waals surface area contributed by atoms with E-state index in [1.807, 2.05) is 0 Å². The van der Waals surface area contributed by atoms with Crippen molar-refractivity contribution in [2.75, 3.05) is 0 Å². The summed E-state index contributed by atoms with van der Waals surface area (Å²) in [5, 5.41) is 3.50. The molecule has 0 aromatic heterocycles. The largest absolute Gasteiger partial charge is 0.204 e. The van der Waals surface area contributed by atoms with E-state index in [1.54, 1.807) is 20.8 Å². The summed E-state index contributed by atoms with van der Waals surface area (Å²) in [6, 6.07) is -0.519. The van der Waals surface area contributed by atoms with Gasteiger partial charge in [0.2, 0.25) is 0 Å². The molecule has 0 saturated carbocycles. The molecule has 2 aromatic rings. The Hall–Kier alpha value is -2.19. The minimum atomic E-state index is -2.37. The van der Waals surface area contributed by atoms with Crippen LogP contribution in [-0.2, 0) is 0 Å². The van der Waals surface area contributed by atoms with Crippen LogP contribution in [0.4, 0.5) is 36.4 Å². The number of azo groups is 1. The fraction of sp³-hybridized carbons (Fsp3) is 0.333. The summed E-state index contributed by atoms with van der Waals surface area (Å²) in [6.07, 6.45) is 0. The van der Waals surface area contributed by atoms with E-state index in [4.69, 9.17) is 0 Å². The van der Waals surface area contributed by atoms with E-state index in [-0.39, 0.29) is 5.92 Å². The van der Waals surface area contributed by atoms with Gasteiger partial charge < -0.3 is 0 Å². The van der Waals surface area contributed by atoms with Crippen LogP contribution < -0.4 is 0 Å². The molecule has 0 amide bonds. The topological polar surface area (TPSA) is 24.7 Å². The second kappa shape index (κ2) is 6.37. The normalized spacial score (nSPS) is 13.5. The summed E-state index contributed by atoms with van der Waals surface area (Å²) in [4.78, 5) is 0. The second-order valence-corrected chi connectivity index (χ2v) is 5.50. The maximum atomic E-state index is 14.3. The molecular weight excluding hydrogens is 341 g/mol. The van der Waals surface area contributed by atoms with Crippen LogP contribution in [0.2, 0.25) is 0 Å². The Morgan fingerprint density at radius 3 is 1.46 bits per heavy atom. The lowest BCUT2D eigenvalue weighted by atomic mass is 10.1. The molecule has 0 saturated heterocycles. The molecule has 0 bridgehead atoms. The van der Waals surface area contributed by atoms with Gasteiger partial charge in [0.05, 0.1) is 16.8 Å². The number of nitrogens with zero attached hydrogens (tertiary/aromatic N) is 2. The van der Waals surface area contributed by atoms with Crippen molar-refractivity contribution in [3.8, 4) is 0 Å². The molecule has 0 aliphatic carbocycles. The first-order valence-corrected chi connectivity index (χ1v) is 6.82. The predicted molar refractivity (Wildman–Crippen MR) is 72.5 cm³/mol. The molecule has 0 aliphatic heterocycles. The van der Waals surface area contributed by atoms with Crippen molar-refractivity contribution >= 4 is 16.5 Å².